The Morgan fingerprint density at radius 2 is 2.06 bits per heavy atom. The van der Waals surface area contributed by atoms with E-state index in [2.05, 4.69) is 0 Å². The van der Waals surface area contributed by atoms with Crippen molar-refractivity contribution in [2.75, 3.05) is 7.11 Å². The van der Waals surface area contributed by atoms with Gasteiger partial charge in [0.05, 0.1) is 7.11 Å². The molecule has 4 heteroatoms. The molecule has 1 atom stereocenters. The molecule has 1 aromatic carbocycles. The topological polar surface area (TPSA) is 42.6 Å². The van der Waals surface area contributed by atoms with E-state index in [9.17, 15) is 9.50 Å². The number of halogens is 1. The largest absolute Gasteiger partial charge is 0.496 e. The number of hydrogen-bond acceptors (Lipinski definition) is 3. The van der Waals surface area contributed by atoms with Crippen molar-refractivity contribution in [1.82, 2.24) is 0 Å². The van der Waals surface area contributed by atoms with E-state index in [0.717, 1.165) is 0 Å². The van der Waals surface area contributed by atoms with Crippen LogP contribution in [0.2, 0.25) is 0 Å². The molecule has 0 aliphatic heterocycles. The van der Waals surface area contributed by atoms with Gasteiger partial charge in [0.2, 0.25) is 0 Å². The monoisotopic (exact) mass is 236 g/mol. The lowest BCUT2D eigenvalue weighted by atomic mass is 10.1. The van der Waals surface area contributed by atoms with Crippen molar-refractivity contribution in [1.29, 1.82) is 0 Å². The van der Waals surface area contributed by atoms with Gasteiger partial charge >= 0.3 is 0 Å². The highest BCUT2D eigenvalue weighted by atomic mass is 19.1. The van der Waals surface area contributed by atoms with Crippen LogP contribution < -0.4 is 4.74 Å². The first-order valence-corrected chi connectivity index (χ1v) is 5.20. The maximum absolute atomic E-state index is 13.5. The Kier molecular flexibility index (Phi) is 3.15. The fourth-order valence-corrected chi connectivity index (χ4v) is 1.72. The molecular formula is C13H13FO3. The summed E-state index contributed by atoms with van der Waals surface area (Å²) in [6.45, 7) is 1.63. The second-order valence-corrected chi connectivity index (χ2v) is 3.71. The quantitative estimate of drug-likeness (QED) is 0.891. The first kappa shape index (κ1) is 11.7. The molecule has 1 heterocycles. The summed E-state index contributed by atoms with van der Waals surface area (Å²) >= 11 is 0. The smallest absolute Gasteiger partial charge is 0.172 e. The molecule has 0 saturated heterocycles. The van der Waals surface area contributed by atoms with E-state index >= 15 is 0 Å². The minimum absolute atomic E-state index is 0.0907. The van der Waals surface area contributed by atoms with E-state index in [-0.39, 0.29) is 5.76 Å². The maximum atomic E-state index is 13.5. The molecule has 17 heavy (non-hydrogen) atoms. The summed E-state index contributed by atoms with van der Waals surface area (Å²) in [5, 5.41) is 10.1. The fraction of sp³-hybridized carbons (Fsp3) is 0.231. The number of methoxy groups -OCH3 is 1. The minimum Gasteiger partial charge on any atom is -0.496 e. The van der Waals surface area contributed by atoms with Crippen molar-refractivity contribution in [3.63, 3.8) is 0 Å². The van der Waals surface area contributed by atoms with Crippen LogP contribution in [0.3, 0.4) is 0 Å². The van der Waals surface area contributed by atoms with Gasteiger partial charge in [0, 0.05) is 11.6 Å². The minimum atomic E-state index is -1.17. The van der Waals surface area contributed by atoms with Crippen LogP contribution in [0.25, 0.3) is 0 Å². The normalized spacial score (nSPS) is 12.5. The van der Waals surface area contributed by atoms with Crippen molar-refractivity contribution >= 4 is 0 Å². The van der Waals surface area contributed by atoms with Gasteiger partial charge in [-0.2, -0.15) is 0 Å². The summed E-state index contributed by atoms with van der Waals surface area (Å²) in [5.74, 6) is 0.271. The van der Waals surface area contributed by atoms with E-state index in [1.165, 1.54) is 13.2 Å². The molecule has 1 unspecified atom stereocenters. The number of furan rings is 1. The van der Waals surface area contributed by atoms with Gasteiger partial charge in [-0.05, 0) is 13.0 Å². The van der Waals surface area contributed by atoms with Crippen molar-refractivity contribution in [3.05, 3.63) is 53.2 Å². The molecule has 3 nitrogen and oxygen atoms in total. The predicted octanol–water partition coefficient (Wildman–Crippen LogP) is 2.82. The molecule has 0 fully saturated rings. The van der Waals surface area contributed by atoms with Crippen LogP contribution >= 0.6 is 0 Å². The average Bonchev–Trinajstić information content (AvgIpc) is 2.67. The zero-order valence-electron chi connectivity index (χ0n) is 9.61. The van der Waals surface area contributed by atoms with Crippen molar-refractivity contribution in [2.24, 2.45) is 0 Å². The number of ether oxygens (including phenoxy) is 1. The summed E-state index contributed by atoms with van der Waals surface area (Å²) in [5.41, 5.74) is 0.475. The number of rotatable bonds is 3. The average molecular weight is 236 g/mol. The Morgan fingerprint density at radius 3 is 2.65 bits per heavy atom. The van der Waals surface area contributed by atoms with Crippen LogP contribution in [0.4, 0.5) is 4.39 Å². The summed E-state index contributed by atoms with van der Waals surface area (Å²) in [4.78, 5) is 0. The van der Waals surface area contributed by atoms with Gasteiger partial charge in [-0.3, -0.25) is 0 Å². The maximum Gasteiger partial charge on any atom is 0.172 e. The Labute approximate surface area is 98.5 Å². The van der Waals surface area contributed by atoms with Gasteiger partial charge in [0.15, 0.2) is 11.6 Å². The van der Waals surface area contributed by atoms with E-state index < -0.39 is 11.9 Å². The Balaban J connectivity index is 2.43. The summed E-state index contributed by atoms with van der Waals surface area (Å²) in [6, 6.07) is 8.13. The second kappa shape index (κ2) is 4.59. The van der Waals surface area contributed by atoms with Crippen LogP contribution in [-0.4, -0.2) is 12.2 Å². The molecule has 0 spiro atoms. The van der Waals surface area contributed by atoms with Gasteiger partial charge in [-0.25, -0.2) is 4.39 Å². The number of aliphatic hydroxyl groups is 1. The molecule has 0 bridgehead atoms. The van der Waals surface area contributed by atoms with Crippen LogP contribution in [0, 0.1) is 12.7 Å². The number of aryl methyl sites for hydroxylation is 1. The van der Waals surface area contributed by atoms with Crippen LogP contribution in [0.5, 0.6) is 5.75 Å². The van der Waals surface area contributed by atoms with Gasteiger partial charge in [0.25, 0.3) is 0 Å². The molecule has 0 amide bonds. The number of benzene rings is 1. The van der Waals surface area contributed by atoms with Crippen molar-refractivity contribution in [2.45, 2.75) is 13.0 Å². The summed E-state index contributed by atoms with van der Waals surface area (Å²) < 4.78 is 23.7. The molecule has 1 N–H and O–H groups in total. The third-order valence-electron chi connectivity index (χ3n) is 2.52. The molecule has 2 aromatic rings. The van der Waals surface area contributed by atoms with Crippen molar-refractivity contribution < 1.29 is 18.7 Å². The van der Waals surface area contributed by atoms with E-state index in [0.29, 0.717) is 17.1 Å². The van der Waals surface area contributed by atoms with E-state index in [1.807, 2.05) is 0 Å². The lowest BCUT2D eigenvalue weighted by molar-refractivity contribution is 0.177. The molecule has 0 saturated carbocycles. The highest BCUT2D eigenvalue weighted by molar-refractivity contribution is 5.38. The summed E-state index contributed by atoms with van der Waals surface area (Å²) in [6.07, 6.45) is -1.17. The zero-order chi connectivity index (χ0) is 12.4. The number of aliphatic hydroxyl groups excluding tert-OH is 1. The zero-order valence-corrected chi connectivity index (χ0v) is 9.61. The van der Waals surface area contributed by atoms with Crippen molar-refractivity contribution in [3.8, 4) is 5.75 Å². The lowest BCUT2D eigenvalue weighted by Gasteiger charge is -2.12. The summed E-state index contributed by atoms with van der Waals surface area (Å²) in [7, 11) is 1.50. The first-order chi connectivity index (χ1) is 8.13. The third kappa shape index (κ3) is 2.17. The molecule has 0 aliphatic rings. The van der Waals surface area contributed by atoms with Gasteiger partial charge in [0.1, 0.15) is 17.6 Å². The van der Waals surface area contributed by atoms with Gasteiger partial charge in [-0.15, -0.1) is 0 Å². The Hall–Kier alpha value is -1.81. The SMILES string of the molecule is COc1ccccc1C(O)c1oc(C)cc1F. The highest BCUT2D eigenvalue weighted by Crippen LogP contribution is 2.32. The lowest BCUT2D eigenvalue weighted by Crippen LogP contribution is -2.02. The van der Waals surface area contributed by atoms with Gasteiger partial charge in [-0.1, -0.05) is 18.2 Å². The molecular weight excluding hydrogens is 223 g/mol. The molecule has 90 valence electrons. The molecule has 1 aromatic heterocycles. The van der Waals surface area contributed by atoms with E-state index in [4.69, 9.17) is 9.15 Å². The van der Waals surface area contributed by atoms with Gasteiger partial charge < -0.3 is 14.3 Å². The molecule has 0 aliphatic carbocycles. The third-order valence-corrected chi connectivity index (χ3v) is 2.52. The number of hydrogen-bond donors (Lipinski definition) is 1. The Bertz CT molecular complexity index is 519. The highest BCUT2D eigenvalue weighted by Gasteiger charge is 2.22. The molecule has 2 rings (SSSR count). The van der Waals surface area contributed by atoms with Crippen LogP contribution in [0.1, 0.15) is 23.2 Å². The standard InChI is InChI=1S/C13H13FO3/c1-8-7-10(14)13(17-8)12(15)9-5-3-4-6-11(9)16-2/h3-7,12,15H,1-2H3. The van der Waals surface area contributed by atoms with Crippen LogP contribution in [-0.2, 0) is 0 Å². The Morgan fingerprint density at radius 1 is 1.35 bits per heavy atom. The fourth-order valence-electron chi connectivity index (χ4n) is 1.72. The van der Waals surface area contributed by atoms with E-state index in [1.54, 1.807) is 31.2 Å². The van der Waals surface area contributed by atoms with Crippen LogP contribution in [0.15, 0.2) is 34.7 Å². The second-order valence-electron chi connectivity index (χ2n) is 3.71. The number of para-hydroxylation sites is 1. The first-order valence-electron chi connectivity index (χ1n) is 5.20. The molecule has 0 radical (unpaired) electrons. The predicted molar refractivity (Wildman–Crippen MR) is 60.5 cm³/mol.